The van der Waals surface area contributed by atoms with Gasteiger partial charge in [0.1, 0.15) is 5.82 Å². The van der Waals surface area contributed by atoms with Crippen molar-refractivity contribution in [3.63, 3.8) is 0 Å². The summed E-state index contributed by atoms with van der Waals surface area (Å²) in [5, 5.41) is 2.95. The van der Waals surface area contributed by atoms with Crippen LogP contribution in [0.3, 0.4) is 0 Å². The van der Waals surface area contributed by atoms with Gasteiger partial charge in [0.25, 0.3) is 0 Å². The van der Waals surface area contributed by atoms with Crippen LogP contribution in [0.25, 0.3) is 0 Å². The fourth-order valence-corrected chi connectivity index (χ4v) is 4.04. The number of rotatable bonds is 7. The molecule has 0 fully saturated rings. The summed E-state index contributed by atoms with van der Waals surface area (Å²) >= 11 is 9.23. The largest absolute Gasteiger partial charge is 0.324 e. The zero-order chi connectivity index (χ0) is 20.2. The highest BCUT2D eigenvalue weighted by molar-refractivity contribution is 9.10. The topological polar surface area (TPSA) is 66.5 Å². The van der Waals surface area contributed by atoms with Crippen LogP contribution in [0, 0.1) is 12.7 Å². The molecule has 146 valence electrons. The van der Waals surface area contributed by atoms with Crippen molar-refractivity contribution in [3.8, 4) is 0 Å². The van der Waals surface area contributed by atoms with Crippen LogP contribution in [0.4, 0.5) is 15.8 Å². The Bertz CT molecular complexity index is 954. The summed E-state index contributed by atoms with van der Waals surface area (Å²) in [7, 11) is -3.55. The normalized spacial score (nSPS) is 11.3. The summed E-state index contributed by atoms with van der Waals surface area (Å²) in [6.07, 6.45) is 1.41. The van der Waals surface area contributed by atoms with Gasteiger partial charge in [-0.25, -0.2) is 12.8 Å². The van der Waals surface area contributed by atoms with E-state index in [1.807, 2.05) is 0 Å². The fraction of sp³-hybridized carbons (Fsp3) is 0.278. The highest BCUT2D eigenvalue weighted by Gasteiger charge is 2.20. The molecule has 0 unspecified atom stereocenters. The lowest BCUT2D eigenvalue weighted by Crippen LogP contribution is -2.32. The maximum atomic E-state index is 13.8. The van der Waals surface area contributed by atoms with Gasteiger partial charge in [-0.05, 0) is 49.2 Å². The van der Waals surface area contributed by atoms with Crippen molar-refractivity contribution in [2.24, 2.45) is 0 Å². The lowest BCUT2D eigenvalue weighted by molar-refractivity contribution is -0.116. The van der Waals surface area contributed by atoms with E-state index in [-0.39, 0.29) is 25.1 Å². The highest BCUT2D eigenvalue weighted by atomic mass is 79.9. The van der Waals surface area contributed by atoms with E-state index >= 15 is 0 Å². The van der Waals surface area contributed by atoms with Crippen LogP contribution in [-0.2, 0) is 14.8 Å². The molecule has 0 spiro atoms. The number of halogens is 3. The molecule has 1 N–H and O–H groups in total. The van der Waals surface area contributed by atoms with Crippen LogP contribution in [0.1, 0.15) is 18.4 Å². The number of amides is 1. The first-order chi connectivity index (χ1) is 12.6. The zero-order valence-electron chi connectivity index (χ0n) is 14.8. The molecule has 0 aliphatic heterocycles. The van der Waals surface area contributed by atoms with Gasteiger partial charge in [-0.15, -0.1) is 0 Å². The molecule has 9 heteroatoms. The monoisotopic (exact) mass is 476 g/mol. The summed E-state index contributed by atoms with van der Waals surface area (Å²) in [4.78, 5) is 12.1. The van der Waals surface area contributed by atoms with E-state index in [9.17, 15) is 17.6 Å². The lowest BCUT2D eigenvalue weighted by Gasteiger charge is -2.24. The molecule has 0 saturated carbocycles. The van der Waals surface area contributed by atoms with E-state index in [2.05, 4.69) is 21.2 Å². The quantitative estimate of drug-likeness (QED) is 0.627. The Morgan fingerprint density at radius 2 is 2.00 bits per heavy atom. The van der Waals surface area contributed by atoms with Gasteiger partial charge in [0.05, 0.1) is 17.6 Å². The Morgan fingerprint density at radius 3 is 2.63 bits per heavy atom. The number of anilines is 2. The van der Waals surface area contributed by atoms with Crippen LogP contribution in [0.2, 0.25) is 5.02 Å². The number of nitrogens with one attached hydrogen (secondary N) is 1. The smallest absolute Gasteiger partial charge is 0.232 e. The number of hydrogen-bond donors (Lipinski definition) is 1. The number of carbonyl (C=O) groups is 1. The van der Waals surface area contributed by atoms with Crippen molar-refractivity contribution in [2.45, 2.75) is 19.8 Å². The van der Waals surface area contributed by atoms with Gasteiger partial charge in [0, 0.05) is 22.5 Å². The fourth-order valence-electron chi connectivity index (χ4n) is 2.52. The van der Waals surface area contributed by atoms with Crippen LogP contribution in [-0.4, -0.2) is 27.1 Å². The van der Waals surface area contributed by atoms with E-state index in [0.29, 0.717) is 20.7 Å². The first-order valence-electron chi connectivity index (χ1n) is 8.07. The van der Waals surface area contributed by atoms with E-state index in [1.165, 1.54) is 16.4 Å². The number of nitrogens with zero attached hydrogens (tertiary/aromatic N) is 1. The van der Waals surface area contributed by atoms with Gasteiger partial charge in [-0.3, -0.25) is 9.10 Å². The molecule has 0 bridgehead atoms. The van der Waals surface area contributed by atoms with Crippen LogP contribution in [0.5, 0.6) is 0 Å². The molecule has 2 rings (SSSR count). The Labute approximate surface area is 171 Å². The molecular weight excluding hydrogens is 459 g/mol. The molecule has 0 saturated heterocycles. The third kappa shape index (κ3) is 5.92. The summed E-state index contributed by atoms with van der Waals surface area (Å²) in [6, 6.07) is 9.34. The number of carbonyl (C=O) groups excluding carboxylic acids is 1. The minimum Gasteiger partial charge on any atom is -0.324 e. The number of benzene rings is 2. The molecule has 0 aromatic heterocycles. The molecule has 2 aromatic carbocycles. The molecule has 0 aliphatic carbocycles. The van der Waals surface area contributed by atoms with E-state index in [4.69, 9.17) is 11.6 Å². The minimum atomic E-state index is -3.55. The molecule has 1 amide bonds. The van der Waals surface area contributed by atoms with Crippen molar-refractivity contribution in [3.05, 3.63) is 57.3 Å². The summed E-state index contributed by atoms with van der Waals surface area (Å²) in [5.41, 5.74) is 1.20. The van der Waals surface area contributed by atoms with Gasteiger partial charge >= 0.3 is 0 Å². The second-order valence-electron chi connectivity index (χ2n) is 5.99. The average molecular weight is 478 g/mol. The van der Waals surface area contributed by atoms with Crippen LogP contribution < -0.4 is 9.62 Å². The van der Waals surface area contributed by atoms with E-state index in [0.717, 1.165) is 6.26 Å². The third-order valence-corrected chi connectivity index (χ3v) is 5.96. The third-order valence-electron chi connectivity index (χ3n) is 3.88. The molecule has 0 radical (unpaired) electrons. The molecule has 5 nitrogen and oxygen atoms in total. The molecular formula is C18H19BrClFN2O3S. The molecule has 0 heterocycles. The number of sulfonamides is 1. The predicted molar refractivity (Wildman–Crippen MR) is 110 cm³/mol. The lowest BCUT2D eigenvalue weighted by atomic mass is 10.2. The van der Waals surface area contributed by atoms with Crippen LogP contribution in [0.15, 0.2) is 40.9 Å². The summed E-state index contributed by atoms with van der Waals surface area (Å²) in [5.74, 6) is -0.947. The molecule has 27 heavy (non-hydrogen) atoms. The van der Waals surface area contributed by atoms with E-state index in [1.54, 1.807) is 31.2 Å². The molecule has 0 aliphatic rings. The summed E-state index contributed by atoms with van der Waals surface area (Å²) in [6.45, 7) is 1.84. The van der Waals surface area contributed by atoms with E-state index < -0.39 is 21.7 Å². The van der Waals surface area contributed by atoms with Gasteiger partial charge in [0.2, 0.25) is 15.9 Å². The van der Waals surface area contributed by atoms with Gasteiger partial charge in [-0.1, -0.05) is 33.6 Å². The second-order valence-corrected chi connectivity index (χ2v) is 9.22. The standard InChI is InChI=1S/C18H19BrClFN2O3S/c1-12-14(20)5-3-6-17(12)23(27(2,25)26)10-4-7-18(24)22-16-9-8-13(19)11-15(16)21/h3,5-6,8-9,11H,4,7,10H2,1-2H3,(H,22,24). The Morgan fingerprint density at radius 1 is 1.30 bits per heavy atom. The van der Waals surface area contributed by atoms with Crippen molar-refractivity contribution < 1.29 is 17.6 Å². The minimum absolute atomic E-state index is 0.0428. The van der Waals surface area contributed by atoms with Gasteiger partial charge in [0.15, 0.2) is 0 Å². The SMILES string of the molecule is Cc1c(Cl)cccc1N(CCCC(=O)Nc1ccc(Br)cc1F)S(C)(=O)=O. The van der Waals surface area contributed by atoms with Gasteiger partial charge in [-0.2, -0.15) is 0 Å². The number of hydrogen-bond acceptors (Lipinski definition) is 3. The van der Waals surface area contributed by atoms with Gasteiger partial charge < -0.3 is 5.32 Å². The highest BCUT2D eigenvalue weighted by Crippen LogP contribution is 2.28. The maximum absolute atomic E-state index is 13.8. The first-order valence-corrected chi connectivity index (χ1v) is 11.1. The van der Waals surface area contributed by atoms with Crippen molar-refractivity contribution in [1.29, 1.82) is 0 Å². The Hall–Kier alpha value is -1.64. The molecule has 2 aromatic rings. The maximum Gasteiger partial charge on any atom is 0.232 e. The van der Waals surface area contributed by atoms with Crippen molar-refractivity contribution in [1.82, 2.24) is 0 Å². The second kappa shape index (κ2) is 9.03. The Balaban J connectivity index is 2.03. The molecule has 0 atom stereocenters. The first kappa shape index (κ1) is 21.7. The summed E-state index contributed by atoms with van der Waals surface area (Å²) < 4.78 is 39.9. The van der Waals surface area contributed by atoms with Crippen LogP contribution >= 0.6 is 27.5 Å². The predicted octanol–water partition coefficient (Wildman–Crippen LogP) is 4.73. The van der Waals surface area contributed by atoms with Crippen molar-refractivity contribution in [2.75, 3.05) is 22.4 Å². The van der Waals surface area contributed by atoms with Crippen molar-refractivity contribution >= 4 is 54.8 Å². The average Bonchev–Trinajstić information content (AvgIpc) is 2.56. The Kier molecular flexibility index (Phi) is 7.25. The zero-order valence-corrected chi connectivity index (χ0v) is 18.0.